The number of hydrogen-bond acceptors (Lipinski definition) is 3. The van der Waals surface area contributed by atoms with Crippen LogP contribution in [0, 0.1) is 5.41 Å². The molecular weight excluding hydrogens is 548 g/mol. The largest absolute Gasteiger partial charge is 0.387 e. The summed E-state index contributed by atoms with van der Waals surface area (Å²) in [4.78, 5) is 0. The van der Waals surface area contributed by atoms with Crippen molar-refractivity contribution in [3.05, 3.63) is 163 Å². The molecule has 45 heavy (non-hydrogen) atoms. The third-order valence-electron chi connectivity index (χ3n) is 8.93. The van der Waals surface area contributed by atoms with Crippen LogP contribution in [0.25, 0.3) is 60.3 Å². The first kappa shape index (κ1) is 26.7. The summed E-state index contributed by atoms with van der Waals surface area (Å²) in [6, 6.07) is 33.4. The number of benzene rings is 5. The van der Waals surface area contributed by atoms with Gasteiger partial charge in [-0.25, -0.2) is 0 Å². The summed E-state index contributed by atoms with van der Waals surface area (Å²) < 4.78 is 2.47. The predicted octanol–water partition coefficient (Wildman–Crippen LogP) is 9.22. The number of dihydropyridines is 2. The minimum Gasteiger partial charge on any atom is -0.387 e. The Hall–Kier alpha value is -5.87. The Kier molecular flexibility index (Phi) is 6.54. The lowest BCUT2D eigenvalue weighted by atomic mass is 9.98. The minimum atomic E-state index is 0.663. The Balaban J connectivity index is 1.36. The fourth-order valence-corrected chi connectivity index (χ4v) is 6.75. The van der Waals surface area contributed by atoms with Crippen LogP contribution in [0.3, 0.4) is 0 Å². The first-order valence-electron chi connectivity index (χ1n) is 15.3. The topological polar surface area (TPSA) is 52.8 Å². The molecule has 0 amide bonds. The van der Waals surface area contributed by atoms with E-state index >= 15 is 0 Å². The summed E-state index contributed by atoms with van der Waals surface area (Å²) in [5.74, 6) is 0. The molecule has 0 radical (unpaired) electrons. The maximum absolute atomic E-state index is 7.76. The van der Waals surface area contributed by atoms with E-state index in [0.717, 1.165) is 29.0 Å². The van der Waals surface area contributed by atoms with Crippen molar-refractivity contribution in [2.24, 2.45) is 0 Å². The van der Waals surface area contributed by atoms with Crippen LogP contribution in [-0.4, -0.2) is 23.9 Å². The molecule has 0 bridgehead atoms. The lowest BCUT2D eigenvalue weighted by molar-refractivity contribution is 0.957. The zero-order chi connectivity index (χ0) is 30.3. The Morgan fingerprint density at radius 3 is 2.47 bits per heavy atom. The summed E-state index contributed by atoms with van der Waals surface area (Å²) >= 11 is 0. The monoisotopic (exact) mass is 580 g/mol. The average molecular weight is 581 g/mol. The van der Waals surface area contributed by atoms with Crippen molar-refractivity contribution in [3.63, 3.8) is 0 Å². The molecule has 3 N–H and O–H groups in total. The Morgan fingerprint density at radius 2 is 1.64 bits per heavy atom. The van der Waals surface area contributed by atoms with Crippen molar-refractivity contribution in [1.82, 2.24) is 15.2 Å². The second kappa shape index (κ2) is 11.0. The molecule has 0 aliphatic carbocycles. The van der Waals surface area contributed by atoms with Crippen LogP contribution >= 0.6 is 0 Å². The Bertz CT molecular complexity index is 2350. The lowest BCUT2D eigenvalue weighted by Gasteiger charge is -2.19. The van der Waals surface area contributed by atoms with Gasteiger partial charge in [0.25, 0.3) is 0 Å². The number of nitrogens with one attached hydrogen (secondary N) is 3. The van der Waals surface area contributed by atoms with Crippen molar-refractivity contribution in [1.29, 1.82) is 5.41 Å². The summed E-state index contributed by atoms with van der Waals surface area (Å²) in [5.41, 5.74) is 10.1. The third-order valence-corrected chi connectivity index (χ3v) is 8.93. The Labute approximate surface area is 262 Å². The molecule has 3 heterocycles. The van der Waals surface area contributed by atoms with Gasteiger partial charge in [-0.2, -0.15) is 0 Å². The van der Waals surface area contributed by atoms with Crippen LogP contribution in [-0.2, 0) is 0 Å². The zero-order valence-corrected chi connectivity index (χ0v) is 24.8. The molecule has 6 aromatic rings. The molecule has 0 unspecified atom stereocenters. The van der Waals surface area contributed by atoms with Crippen molar-refractivity contribution >= 4 is 60.8 Å². The van der Waals surface area contributed by atoms with Crippen LogP contribution < -0.4 is 10.6 Å². The number of aromatic nitrogens is 1. The molecule has 4 nitrogen and oxygen atoms in total. The molecule has 2 aliphatic heterocycles. The first-order chi connectivity index (χ1) is 22.2. The van der Waals surface area contributed by atoms with E-state index in [1.807, 2.05) is 6.08 Å². The smallest absolute Gasteiger partial charge is 0.0619 e. The second-order valence-electron chi connectivity index (χ2n) is 11.5. The lowest BCUT2D eigenvalue weighted by Crippen LogP contribution is -2.20. The maximum atomic E-state index is 7.76. The maximum Gasteiger partial charge on any atom is 0.0619 e. The SMILES string of the molecule is C=C/C=C(\C=N)C1=CC=C(c2ccc3c(ccc4c5ccc(C6=CNCC=C6)cc5n(-c5cccc6ccccc56)c34)c2)NC1. The number of fused-ring (bicyclic) bond motifs is 6. The van der Waals surface area contributed by atoms with E-state index in [2.05, 4.69) is 143 Å². The van der Waals surface area contributed by atoms with Crippen LogP contribution in [0.2, 0.25) is 0 Å². The van der Waals surface area contributed by atoms with Crippen molar-refractivity contribution in [3.8, 4) is 5.69 Å². The first-order valence-corrected chi connectivity index (χ1v) is 15.3. The average Bonchev–Trinajstić information content (AvgIpc) is 3.44. The molecule has 0 spiro atoms. The molecule has 0 atom stereocenters. The molecule has 0 saturated carbocycles. The van der Waals surface area contributed by atoms with Gasteiger partial charge in [0.15, 0.2) is 0 Å². The molecule has 0 fully saturated rings. The van der Waals surface area contributed by atoms with Gasteiger partial charge in [-0.05, 0) is 62.9 Å². The normalized spacial score (nSPS) is 15.0. The predicted molar refractivity (Wildman–Crippen MR) is 192 cm³/mol. The van der Waals surface area contributed by atoms with Crippen LogP contribution in [0.15, 0.2) is 151 Å². The van der Waals surface area contributed by atoms with E-state index in [4.69, 9.17) is 5.41 Å². The zero-order valence-electron chi connectivity index (χ0n) is 24.8. The number of allylic oxidation sites excluding steroid dienone is 6. The summed E-state index contributed by atoms with van der Waals surface area (Å²) in [6.45, 7) is 5.31. The van der Waals surface area contributed by atoms with Gasteiger partial charge < -0.3 is 20.6 Å². The molecule has 2 aliphatic rings. The molecule has 5 aromatic carbocycles. The van der Waals surface area contributed by atoms with Crippen LogP contribution in [0.4, 0.5) is 0 Å². The van der Waals surface area contributed by atoms with Gasteiger partial charge in [0.1, 0.15) is 0 Å². The highest BCUT2D eigenvalue weighted by Gasteiger charge is 2.19. The van der Waals surface area contributed by atoms with E-state index in [-0.39, 0.29) is 0 Å². The molecule has 0 saturated heterocycles. The van der Waals surface area contributed by atoms with E-state index in [9.17, 15) is 0 Å². The fraction of sp³-hybridized carbons (Fsp3) is 0.0488. The van der Waals surface area contributed by atoms with E-state index in [0.29, 0.717) is 6.54 Å². The third kappa shape index (κ3) is 4.50. The second-order valence-corrected chi connectivity index (χ2v) is 11.5. The van der Waals surface area contributed by atoms with Crippen molar-refractivity contribution in [2.45, 2.75) is 0 Å². The quantitative estimate of drug-likeness (QED) is 0.136. The van der Waals surface area contributed by atoms with E-state index in [1.165, 1.54) is 66.4 Å². The number of rotatable bonds is 6. The molecule has 1 aromatic heterocycles. The van der Waals surface area contributed by atoms with Crippen molar-refractivity contribution < 1.29 is 0 Å². The highest BCUT2D eigenvalue weighted by Crippen LogP contribution is 2.40. The highest BCUT2D eigenvalue weighted by atomic mass is 15.0. The minimum absolute atomic E-state index is 0.663. The fourth-order valence-electron chi connectivity index (χ4n) is 6.75. The molecule has 4 heteroatoms. The summed E-state index contributed by atoms with van der Waals surface area (Å²) in [5, 5.41) is 22.0. The van der Waals surface area contributed by atoms with Gasteiger partial charge in [-0.3, -0.25) is 0 Å². The van der Waals surface area contributed by atoms with Gasteiger partial charge in [-0.1, -0.05) is 110 Å². The number of hydrogen-bond donors (Lipinski definition) is 3. The van der Waals surface area contributed by atoms with Gasteiger partial charge in [0.05, 0.1) is 16.7 Å². The highest BCUT2D eigenvalue weighted by molar-refractivity contribution is 6.20. The standard InChI is InChI=1S/C41H32N4/c1-2-7-31(24-42)33-16-20-38(44-26-33)30-15-17-35-29(22-30)14-19-37-36-18-13-28(32-10-6-21-43-25-32)23-40(36)45(41(35)37)39-12-5-9-27-8-3-4-11-34(27)39/h2-20,22-25,42-44H,1,21,26H2/b31-7+,42-24?. The summed E-state index contributed by atoms with van der Waals surface area (Å²) in [6.07, 6.45) is 15.7. The Morgan fingerprint density at radius 1 is 0.800 bits per heavy atom. The van der Waals surface area contributed by atoms with Gasteiger partial charge in [0.2, 0.25) is 0 Å². The van der Waals surface area contributed by atoms with Gasteiger partial charge >= 0.3 is 0 Å². The summed E-state index contributed by atoms with van der Waals surface area (Å²) in [7, 11) is 0. The van der Waals surface area contributed by atoms with Gasteiger partial charge in [-0.15, -0.1) is 0 Å². The van der Waals surface area contributed by atoms with E-state index in [1.54, 1.807) is 6.08 Å². The van der Waals surface area contributed by atoms with Crippen LogP contribution in [0.1, 0.15) is 11.1 Å². The molecule has 8 rings (SSSR count). The number of nitrogens with zero attached hydrogens (tertiary/aromatic N) is 1. The molecule has 216 valence electrons. The molecular formula is C41H32N4. The van der Waals surface area contributed by atoms with Crippen molar-refractivity contribution in [2.75, 3.05) is 13.1 Å². The van der Waals surface area contributed by atoms with Crippen LogP contribution in [0.5, 0.6) is 0 Å². The van der Waals surface area contributed by atoms with E-state index < -0.39 is 0 Å². The van der Waals surface area contributed by atoms with Gasteiger partial charge in [0, 0.05) is 52.7 Å².